The summed E-state index contributed by atoms with van der Waals surface area (Å²) in [5.41, 5.74) is 7.32. The number of halogens is 2. The monoisotopic (exact) mass is 367 g/mol. The highest BCUT2D eigenvalue weighted by Crippen LogP contribution is 2.40. The van der Waals surface area contributed by atoms with Gasteiger partial charge in [0, 0.05) is 0 Å². The van der Waals surface area contributed by atoms with Crippen LogP contribution in [0.25, 0.3) is 16.7 Å². The Morgan fingerprint density at radius 1 is 0.926 bits per heavy atom. The molecule has 0 radical (unpaired) electrons. The minimum Gasteiger partial charge on any atom is -0.303 e. The Morgan fingerprint density at radius 2 is 1.63 bits per heavy atom. The minimum atomic E-state index is -0.800. The summed E-state index contributed by atoms with van der Waals surface area (Å²) in [7, 11) is 0. The molecule has 4 rings (SSSR count). The van der Waals surface area contributed by atoms with Crippen molar-refractivity contribution in [3.63, 3.8) is 0 Å². The molecule has 0 amide bonds. The second-order valence-corrected chi connectivity index (χ2v) is 7.89. The Kier molecular flexibility index (Phi) is 5.40. The zero-order valence-electron chi connectivity index (χ0n) is 16.0. The van der Waals surface area contributed by atoms with Gasteiger partial charge in [-0.2, -0.15) is 0 Å². The molecule has 1 saturated carbocycles. The molecule has 0 unspecified atom stereocenters. The van der Waals surface area contributed by atoms with E-state index in [2.05, 4.69) is 24.0 Å². The highest BCUT2D eigenvalue weighted by molar-refractivity contribution is 5.76. The van der Waals surface area contributed by atoms with Gasteiger partial charge in [0.05, 0.1) is 0 Å². The first kappa shape index (κ1) is 18.4. The molecule has 27 heavy (non-hydrogen) atoms. The van der Waals surface area contributed by atoms with Gasteiger partial charge < -0.3 is 4.90 Å². The van der Waals surface area contributed by atoms with E-state index in [0.29, 0.717) is 0 Å². The summed E-state index contributed by atoms with van der Waals surface area (Å²) >= 11 is 0. The van der Waals surface area contributed by atoms with Crippen molar-refractivity contribution in [2.45, 2.75) is 45.4 Å². The Bertz CT molecular complexity index is 857. The van der Waals surface area contributed by atoms with Gasteiger partial charge in [-0.3, -0.25) is 0 Å². The summed E-state index contributed by atoms with van der Waals surface area (Å²) < 4.78 is 26.8. The number of benzene rings is 2. The van der Waals surface area contributed by atoms with Crippen molar-refractivity contribution < 1.29 is 8.78 Å². The Morgan fingerprint density at radius 3 is 2.30 bits per heavy atom. The number of aryl methyl sites for hydroxylation is 1. The maximum Gasteiger partial charge on any atom is 0.159 e. The Balaban J connectivity index is 1.51. The number of rotatable bonds is 6. The predicted molar refractivity (Wildman–Crippen MR) is 108 cm³/mol. The second-order valence-electron chi connectivity index (χ2n) is 7.89. The van der Waals surface area contributed by atoms with Gasteiger partial charge in [0.15, 0.2) is 11.6 Å². The highest BCUT2D eigenvalue weighted by Gasteiger charge is 2.20. The van der Waals surface area contributed by atoms with Gasteiger partial charge in [0.1, 0.15) is 0 Å². The van der Waals surface area contributed by atoms with Crippen LogP contribution >= 0.6 is 0 Å². The maximum atomic E-state index is 13.6. The second kappa shape index (κ2) is 7.93. The van der Waals surface area contributed by atoms with Gasteiger partial charge in [0.2, 0.25) is 0 Å². The van der Waals surface area contributed by atoms with Gasteiger partial charge in [0.25, 0.3) is 0 Å². The van der Waals surface area contributed by atoms with Crippen molar-refractivity contribution in [1.29, 1.82) is 0 Å². The summed E-state index contributed by atoms with van der Waals surface area (Å²) in [6.45, 7) is 5.84. The van der Waals surface area contributed by atoms with E-state index in [9.17, 15) is 8.78 Å². The van der Waals surface area contributed by atoms with E-state index in [1.165, 1.54) is 80.6 Å². The minimum absolute atomic E-state index is 0.721. The van der Waals surface area contributed by atoms with E-state index >= 15 is 0 Å². The van der Waals surface area contributed by atoms with Crippen molar-refractivity contribution in [2.75, 3.05) is 19.6 Å². The third-order valence-corrected chi connectivity index (χ3v) is 5.83. The molecule has 1 nitrogen and oxygen atoms in total. The fourth-order valence-corrected chi connectivity index (χ4v) is 4.21. The molecule has 0 bridgehead atoms. The van der Waals surface area contributed by atoms with Gasteiger partial charge in [-0.1, -0.05) is 29.8 Å². The van der Waals surface area contributed by atoms with Crippen molar-refractivity contribution in [3.8, 4) is 11.1 Å². The smallest absolute Gasteiger partial charge is 0.159 e. The van der Waals surface area contributed by atoms with Crippen LogP contribution in [0.5, 0.6) is 0 Å². The first-order chi connectivity index (χ1) is 13.1. The number of hydrogen-bond donors (Lipinski definition) is 0. The third-order valence-electron chi connectivity index (χ3n) is 5.83. The van der Waals surface area contributed by atoms with E-state index < -0.39 is 11.6 Å². The molecular formula is C24H27F2N. The average Bonchev–Trinajstić information content (AvgIpc) is 3.37. The topological polar surface area (TPSA) is 3.24 Å². The molecule has 1 heterocycles. The Hall–Kier alpha value is -2.00. The highest BCUT2D eigenvalue weighted by atomic mass is 19.2. The largest absolute Gasteiger partial charge is 0.303 e. The standard InChI is InChI=1S/C24H27F2N/c1-17-15-19(20-9-11-23(25)24(26)16-20)8-10-21(17)22(18-6-7-18)5-4-14-27-12-2-3-13-27/h8-11,15-16H,2-7,12-14H2,1H3. The molecule has 1 aliphatic heterocycles. The molecule has 2 aromatic rings. The fraction of sp³-hybridized carbons (Fsp3) is 0.417. The van der Waals surface area contributed by atoms with Crippen LogP contribution in [0.15, 0.2) is 42.0 Å². The molecule has 3 heteroatoms. The summed E-state index contributed by atoms with van der Waals surface area (Å²) in [5, 5.41) is 0. The lowest BCUT2D eigenvalue weighted by Crippen LogP contribution is -2.20. The molecule has 1 saturated heterocycles. The SMILES string of the molecule is Cc1cc(-c2ccc(F)c(F)c2)ccc1C(CCCN1CCCC1)=C1CC1. The fourth-order valence-electron chi connectivity index (χ4n) is 4.21. The van der Waals surface area contributed by atoms with E-state index in [1.54, 1.807) is 11.6 Å². The lowest BCUT2D eigenvalue weighted by atomic mass is 9.92. The van der Waals surface area contributed by atoms with Gasteiger partial charge >= 0.3 is 0 Å². The van der Waals surface area contributed by atoms with Crippen LogP contribution in [-0.2, 0) is 0 Å². The molecule has 0 atom stereocenters. The number of hydrogen-bond acceptors (Lipinski definition) is 1. The van der Waals surface area contributed by atoms with Crippen LogP contribution in [0, 0.1) is 18.6 Å². The molecule has 2 aromatic carbocycles. The Labute approximate surface area is 160 Å². The maximum absolute atomic E-state index is 13.6. The van der Waals surface area contributed by atoms with Crippen LogP contribution in [0.4, 0.5) is 8.78 Å². The van der Waals surface area contributed by atoms with Gasteiger partial charge in [-0.15, -0.1) is 0 Å². The first-order valence-electron chi connectivity index (χ1n) is 10.1. The molecule has 2 fully saturated rings. The molecule has 142 valence electrons. The van der Waals surface area contributed by atoms with Crippen LogP contribution in [0.1, 0.15) is 49.7 Å². The van der Waals surface area contributed by atoms with Gasteiger partial charge in [-0.25, -0.2) is 8.78 Å². The first-order valence-corrected chi connectivity index (χ1v) is 10.1. The number of allylic oxidation sites excluding steroid dienone is 2. The number of nitrogens with zero attached hydrogens (tertiary/aromatic N) is 1. The lowest BCUT2D eigenvalue weighted by Gasteiger charge is -2.17. The number of likely N-dealkylation sites (tertiary alicyclic amines) is 1. The van der Waals surface area contributed by atoms with E-state index in [0.717, 1.165) is 17.5 Å². The van der Waals surface area contributed by atoms with Crippen molar-refractivity contribution in [2.24, 2.45) is 0 Å². The van der Waals surface area contributed by atoms with Crippen molar-refractivity contribution >= 4 is 5.57 Å². The molecule has 2 aliphatic rings. The summed E-state index contributed by atoms with van der Waals surface area (Å²) in [5.74, 6) is -1.59. The molecule has 1 aliphatic carbocycles. The van der Waals surface area contributed by atoms with Gasteiger partial charge in [-0.05, 0) is 105 Å². The van der Waals surface area contributed by atoms with E-state index in [-0.39, 0.29) is 0 Å². The van der Waals surface area contributed by atoms with E-state index in [4.69, 9.17) is 0 Å². The quantitative estimate of drug-likeness (QED) is 0.574. The summed E-state index contributed by atoms with van der Waals surface area (Å²) in [6.07, 6.45) is 7.49. The zero-order chi connectivity index (χ0) is 18.8. The lowest BCUT2D eigenvalue weighted by molar-refractivity contribution is 0.335. The van der Waals surface area contributed by atoms with Crippen molar-refractivity contribution in [3.05, 3.63) is 64.7 Å². The van der Waals surface area contributed by atoms with E-state index in [1.807, 2.05) is 6.07 Å². The third kappa shape index (κ3) is 4.30. The zero-order valence-corrected chi connectivity index (χ0v) is 16.0. The predicted octanol–water partition coefficient (Wildman–Crippen LogP) is 6.36. The van der Waals surface area contributed by atoms with Crippen molar-refractivity contribution in [1.82, 2.24) is 4.90 Å². The van der Waals surface area contributed by atoms with Crippen LogP contribution < -0.4 is 0 Å². The van der Waals surface area contributed by atoms with Crippen LogP contribution in [0.2, 0.25) is 0 Å². The molecule has 0 spiro atoms. The molecular weight excluding hydrogens is 340 g/mol. The summed E-state index contributed by atoms with van der Waals surface area (Å²) in [4.78, 5) is 2.58. The normalized spacial score (nSPS) is 16.8. The average molecular weight is 367 g/mol. The van der Waals surface area contributed by atoms with Crippen LogP contribution in [0.3, 0.4) is 0 Å². The molecule has 0 aromatic heterocycles. The summed E-state index contributed by atoms with van der Waals surface area (Å²) in [6, 6.07) is 10.4. The molecule has 0 N–H and O–H groups in total. The van der Waals surface area contributed by atoms with Crippen LogP contribution in [-0.4, -0.2) is 24.5 Å².